The number of rotatable bonds is 5. The molecule has 0 aliphatic rings. The number of aromatic nitrogens is 2. The summed E-state index contributed by atoms with van der Waals surface area (Å²) in [5, 5.41) is 11.2. The topological polar surface area (TPSA) is 55.2 Å². The molecule has 2 heterocycles. The second kappa shape index (κ2) is 6.77. The summed E-state index contributed by atoms with van der Waals surface area (Å²) in [7, 11) is 0. The molecule has 4 nitrogen and oxygen atoms in total. The Kier molecular flexibility index (Phi) is 4.55. The van der Waals surface area contributed by atoms with Gasteiger partial charge in [0.25, 0.3) is 0 Å². The second-order valence-corrected chi connectivity index (χ2v) is 5.45. The molecule has 3 rings (SSSR count). The Labute approximate surface area is 139 Å². The lowest BCUT2D eigenvalue weighted by molar-refractivity contribution is 0.298. The molecular formula is C18H15ClN2O2. The first kappa shape index (κ1) is 15.5. The number of aliphatic hydroxyl groups excluding tert-OH is 1. The number of fused-ring (bicyclic) bond motifs is 1. The van der Waals surface area contributed by atoms with Crippen molar-refractivity contribution in [3.63, 3.8) is 0 Å². The maximum atomic E-state index is 9.33. The highest BCUT2D eigenvalue weighted by Gasteiger charge is 2.12. The fourth-order valence-electron chi connectivity index (χ4n) is 2.29. The zero-order chi connectivity index (χ0) is 16.2. The Balaban J connectivity index is 2.00. The summed E-state index contributed by atoms with van der Waals surface area (Å²) in [6, 6.07) is 11.6. The van der Waals surface area contributed by atoms with E-state index in [0.29, 0.717) is 23.2 Å². The predicted octanol–water partition coefficient (Wildman–Crippen LogP) is 3.87. The van der Waals surface area contributed by atoms with Crippen LogP contribution in [0, 0.1) is 0 Å². The van der Waals surface area contributed by atoms with Crippen LogP contribution in [0.1, 0.15) is 11.1 Å². The predicted molar refractivity (Wildman–Crippen MR) is 91.4 cm³/mol. The van der Waals surface area contributed by atoms with E-state index in [1.807, 2.05) is 30.3 Å². The van der Waals surface area contributed by atoms with Crippen molar-refractivity contribution in [2.45, 2.75) is 6.61 Å². The van der Waals surface area contributed by atoms with Crippen molar-refractivity contribution in [3.8, 4) is 5.88 Å². The van der Waals surface area contributed by atoms with Crippen LogP contribution in [0.25, 0.3) is 16.3 Å². The molecule has 3 aromatic rings. The number of nitrogens with zero attached hydrogens (tertiary/aromatic N) is 2. The number of ether oxygens (including phenoxy) is 1. The summed E-state index contributed by atoms with van der Waals surface area (Å²) in [5.74, 6) is 0.475. The molecule has 0 saturated carbocycles. The van der Waals surface area contributed by atoms with Gasteiger partial charge in [-0.1, -0.05) is 48.5 Å². The van der Waals surface area contributed by atoms with E-state index in [0.717, 1.165) is 21.9 Å². The molecule has 0 radical (unpaired) electrons. The van der Waals surface area contributed by atoms with Gasteiger partial charge in [0.1, 0.15) is 11.8 Å². The van der Waals surface area contributed by atoms with Gasteiger partial charge in [-0.25, -0.2) is 9.97 Å². The molecule has 5 heteroatoms. The van der Waals surface area contributed by atoms with Crippen molar-refractivity contribution >= 4 is 27.9 Å². The summed E-state index contributed by atoms with van der Waals surface area (Å²) >= 11 is 6.00. The molecule has 0 spiro atoms. The zero-order valence-electron chi connectivity index (χ0n) is 12.4. The van der Waals surface area contributed by atoms with Gasteiger partial charge in [0, 0.05) is 23.3 Å². The molecule has 0 amide bonds. The maximum absolute atomic E-state index is 9.33. The van der Waals surface area contributed by atoms with E-state index in [-0.39, 0.29) is 6.61 Å². The third-order valence-corrected chi connectivity index (χ3v) is 3.70. The molecule has 0 aliphatic heterocycles. The molecule has 23 heavy (non-hydrogen) atoms. The first-order valence-corrected chi connectivity index (χ1v) is 7.47. The van der Waals surface area contributed by atoms with Crippen LogP contribution in [-0.4, -0.2) is 21.7 Å². The Morgan fingerprint density at radius 2 is 1.91 bits per heavy atom. The van der Waals surface area contributed by atoms with Gasteiger partial charge >= 0.3 is 0 Å². The molecule has 0 unspecified atom stereocenters. The van der Waals surface area contributed by atoms with Crippen molar-refractivity contribution in [2.24, 2.45) is 0 Å². The third kappa shape index (κ3) is 3.33. The molecular weight excluding hydrogens is 312 g/mol. The minimum absolute atomic E-state index is 0.152. The number of hydrogen-bond donors (Lipinski definition) is 1. The average Bonchev–Trinajstić information content (AvgIpc) is 2.59. The van der Waals surface area contributed by atoms with Gasteiger partial charge in [0.15, 0.2) is 0 Å². The van der Waals surface area contributed by atoms with Crippen molar-refractivity contribution in [1.82, 2.24) is 9.97 Å². The monoisotopic (exact) mass is 326 g/mol. The third-order valence-electron chi connectivity index (χ3n) is 3.49. The number of pyridine rings is 2. The molecule has 0 aliphatic carbocycles. The highest BCUT2D eigenvalue weighted by Crippen LogP contribution is 2.30. The van der Waals surface area contributed by atoms with Gasteiger partial charge in [-0.2, -0.15) is 0 Å². The zero-order valence-corrected chi connectivity index (χ0v) is 13.1. The van der Waals surface area contributed by atoms with Gasteiger partial charge in [-0.3, -0.25) is 0 Å². The van der Waals surface area contributed by atoms with Crippen LogP contribution in [-0.2, 0) is 6.61 Å². The van der Waals surface area contributed by atoms with Crippen LogP contribution in [0.15, 0.2) is 55.4 Å². The fraction of sp³-hybridized carbons (Fsp3) is 0.111. The van der Waals surface area contributed by atoms with Crippen molar-refractivity contribution in [1.29, 1.82) is 0 Å². The summed E-state index contributed by atoms with van der Waals surface area (Å²) in [5.41, 5.74) is 2.35. The largest absolute Gasteiger partial charge is 0.472 e. The van der Waals surface area contributed by atoms with Gasteiger partial charge in [0.05, 0.1) is 12.0 Å². The Bertz CT molecular complexity index is 850. The minimum Gasteiger partial charge on any atom is -0.472 e. The number of benzene rings is 1. The molecule has 116 valence electrons. The average molecular weight is 327 g/mol. The van der Waals surface area contributed by atoms with Crippen LogP contribution >= 0.6 is 11.6 Å². The van der Waals surface area contributed by atoms with Crippen molar-refractivity contribution in [2.75, 3.05) is 6.61 Å². The lowest BCUT2D eigenvalue weighted by Gasteiger charge is -2.12. The summed E-state index contributed by atoms with van der Waals surface area (Å²) in [6.45, 7) is 4.11. The lowest BCUT2D eigenvalue weighted by atomic mass is 10.0. The summed E-state index contributed by atoms with van der Waals surface area (Å²) in [4.78, 5) is 8.45. The first-order valence-electron chi connectivity index (χ1n) is 7.09. The number of aliphatic hydroxyl groups is 1. The summed E-state index contributed by atoms with van der Waals surface area (Å²) < 4.78 is 5.83. The fourth-order valence-corrected chi connectivity index (χ4v) is 2.45. The number of halogens is 1. The Morgan fingerprint density at radius 3 is 2.65 bits per heavy atom. The van der Waals surface area contributed by atoms with E-state index >= 15 is 0 Å². The SMILES string of the molecule is C=C(CO)c1cnc(OCc2ccccc2)c2cnc(Cl)cc12. The molecule has 1 aromatic carbocycles. The van der Waals surface area contributed by atoms with Crippen molar-refractivity contribution in [3.05, 3.63) is 71.7 Å². The highest BCUT2D eigenvalue weighted by atomic mass is 35.5. The van der Waals surface area contributed by atoms with Crippen LogP contribution in [0.3, 0.4) is 0 Å². The van der Waals surface area contributed by atoms with E-state index < -0.39 is 0 Å². The quantitative estimate of drug-likeness (QED) is 0.723. The van der Waals surface area contributed by atoms with E-state index in [2.05, 4.69) is 16.5 Å². The Hall–Kier alpha value is -2.43. The molecule has 0 bridgehead atoms. The van der Waals surface area contributed by atoms with Crippen LogP contribution < -0.4 is 4.74 Å². The van der Waals surface area contributed by atoms with Gasteiger partial charge in [-0.05, 0) is 17.2 Å². The maximum Gasteiger partial charge on any atom is 0.223 e. The van der Waals surface area contributed by atoms with E-state index in [1.165, 1.54) is 0 Å². The smallest absolute Gasteiger partial charge is 0.223 e. The molecule has 2 aromatic heterocycles. The van der Waals surface area contributed by atoms with Gasteiger partial charge in [0.2, 0.25) is 5.88 Å². The van der Waals surface area contributed by atoms with E-state index in [9.17, 15) is 5.11 Å². The van der Waals surface area contributed by atoms with Crippen LogP contribution in [0.2, 0.25) is 5.15 Å². The van der Waals surface area contributed by atoms with Crippen LogP contribution in [0.5, 0.6) is 5.88 Å². The normalized spacial score (nSPS) is 10.7. The Morgan fingerprint density at radius 1 is 1.13 bits per heavy atom. The minimum atomic E-state index is -0.152. The first-order chi connectivity index (χ1) is 11.2. The highest BCUT2D eigenvalue weighted by molar-refractivity contribution is 6.30. The standard InChI is InChI=1S/C18H15ClN2O2/c1-12(10-22)15-8-21-18(16-9-20-17(19)7-14(15)16)23-11-13-5-3-2-4-6-13/h2-9,22H,1,10-11H2. The van der Waals surface area contributed by atoms with Gasteiger partial charge in [-0.15, -0.1) is 0 Å². The van der Waals surface area contributed by atoms with E-state index in [1.54, 1.807) is 18.5 Å². The second-order valence-electron chi connectivity index (χ2n) is 5.07. The summed E-state index contributed by atoms with van der Waals surface area (Å²) in [6.07, 6.45) is 3.26. The lowest BCUT2D eigenvalue weighted by Crippen LogP contribution is -2.00. The van der Waals surface area contributed by atoms with Gasteiger partial charge < -0.3 is 9.84 Å². The molecule has 1 N–H and O–H groups in total. The molecule has 0 fully saturated rings. The van der Waals surface area contributed by atoms with Crippen molar-refractivity contribution < 1.29 is 9.84 Å². The van der Waals surface area contributed by atoms with Crippen LogP contribution in [0.4, 0.5) is 0 Å². The molecule has 0 atom stereocenters. The number of hydrogen-bond acceptors (Lipinski definition) is 4. The van der Waals surface area contributed by atoms with E-state index in [4.69, 9.17) is 16.3 Å². The molecule has 0 saturated heterocycles.